The number of rotatable bonds is 4. The molecule has 5 nitrogen and oxygen atoms in total. The van der Waals surface area contributed by atoms with Gasteiger partial charge in [-0.15, -0.1) is 0 Å². The number of benzene rings is 1. The number of carbonyl (C=O) groups excluding carboxylic acids is 1. The summed E-state index contributed by atoms with van der Waals surface area (Å²) in [4.78, 5) is 24.3. The number of hydrogen-bond donors (Lipinski definition) is 2. The summed E-state index contributed by atoms with van der Waals surface area (Å²) in [6.45, 7) is 3.60. The summed E-state index contributed by atoms with van der Waals surface area (Å²) in [5.41, 5.74) is 2.33. The van der Waals surface area contributed by atoms with E-state index in [9.17, 15) is 9.59 Å². The number of nitrogens with zero attached hydrogens (tertiary/aromatic N) is 1. The van der Waals surface area contributed by atoms with Crippen LogP contribution in [0.1, 0.15) is 17.5 Å². The molecule has 1 fully saturated rings. The molecule has 1 aromatic rings. The number of piperazine rings is 1. The van der Waals surface area contributed by atoms with Crippen molar-refractivity contribution in [3.05, 3.63) is 35.4 Å². The predicted molar refractivity (Wildman–Crippen MR) is 70.6 cm³/mol. The van der Waals surface area contributed by atoms with Crippen LogP contribution in [0.15, 0.2) is 24.3 Å². The molecule has 1 saturated heterocycles. The molecule has 1 aromatic carbocycles. The number of carboxylic acid groups (broad SMARTS) is 1. The molecule has 0 aliphatic carbocycles. The van der Waals surface area contributed by atoms with Gasteiger partial charge in [-0.3, -0.25) is 14.5 Å². The third-order valence-electron chi connectivity index (χ3n) is 3.16. The van der Waals surface area contributed by atoms with E-state index in [2.05, 4.69) is 5.32 Å². The first-order chi connectivity index (χ1) is 9.02. The molecule has 102 valence electrons. The maximum atomic E-state index is 11.6. The molecule has 19 heavy (non-hydrogen) atoms. The molecule has 0 spiro atoms. The quantitative estimate of drug-likeness (QED) is 0.841. The van der Waals surface area contributed by atoms with E-state index in [1.165, 1.54) is 5.56 Å². The SMILES string of the molecule is Cc1ccc(CN2CC(=O)NC(CC(=O)O)C2)cc1. The molecule has 0 aromatic heterocycles. The van der Waals surface area contributed by atoms with Crippen LogP contribution >= 0.6 is 0 Å². The van der Waals surface area contributed by atoms with Crippen molar-refractivity contribution in [3.63, 3.8) is 0 Å². The first-order valence-corrected chi connectivity index (χ1v) is 6.32. The van der Waals surface area contributed by atoms with Crippen LogP contribution in [0.5, 0.6) is 0 Å². The Labute approximate surface area is 112 Å². The fourth-order valence-electron chi connectivity index (χ4n) is 2.30. The van der Waals surface area contributed by atoms with E-state index in [0.717, 1.165) is 5.56 Å². The van der Waals surface area contributed by atoms with E-state index in [1.807, 2.05) is 36.1 Å². The van der Waals surface area contributed by atoms with E-state index in [1.54, 1.807) is 0 Å². The highest BCUT2D eigenvalue weighted by Crippen LogP contribution is 2.10. The second kappa shape index (κ2) is 5.84. The van der Waals surface area contributed by atoms with Gasteiger partial charge >= 0.3 is 5.97 Å². The molecule has 5 heteroatoms. The van der Waals surface area contributed by atoms with Crippen LogP contribution in [0.3, 0.4) is 0 Å². The fraction of sp³-hybridized carbons (Fsp3) is 0.429. The van der Waals surface area contributed by atoms with Crippen molar-refractivity contribution in [1.82, 2.24) is 10.2 Å². The maximum absolute atomic E-state index is 11.6. The maximum Gasteiger partial charge on any atom is 0.305 e. The third kappa shape index (κ3) is 4.06. The summed E-state index contributed by atoms with van der Waals surface area (Å²) < 4.78 is 0. The molecule has 1 unspecified atom stereocenters. The lowest BCUT2D eigenvalue weighted by Crippen LogP contribution is -2.54. The second-order valence-corrected chi connectivity index (χ2v) is 5.02. The zero-order chi connectivity index (χ0) is 13.8. The van der Waals surface area contributed by atoms with Crippen molar-refractivity contribution < 1.29 is 14.7 Å². The largest absolute Gasteiger partial charge is 0.481 e. The van der Waals surface area contributed by atoms with E-state index in [4.69, 9.17) is 5.11 Å². The van der Waals surface area contributed by atoms with Crippen LogP contribution in [-0.4, -0.2) is 41.0 Å². The van der Waals surface area contributed by atoms with Gasteiger partial charge in [-0.25, -0.2) is 0 Å². The van der Waals surface area contributed by atoms with Crippen LogP contribution in [0, 0.1) is 6.92 Å². The standard InChI is InChI=1S/C14H18N2O3/c1-10-2-4-11(5-3-10)7-16-8-12(6-14(18)19)15-13(17)9-16/h2-5,12H,6-9H2,1H3,(H,15,17)(H,18,19). The topological polar surface area (TPSA) is 69.6 Å². The van der Waals surface area contributed by atoms with Crippen molar-refractivity contribution >= 4 is 11.9 Å². The Morgan fingerprint density at radius 1 is 1.42 bits per heavy atom. The van der Waals surface area contributed by atoms with Crippen molar-refractivity contribution in [2.45, 2.75) is 25.9 Å². The molecule has 2 N–H and O–H groups in total. The second-order valence-electron chi connectivity index (χ2n) is 5.02. The van der Waals surface area contributed by atoms with Crippen LogP contribution in [0.2, 0.25) is 0 Å². The van der Waals surface area contributed by atoms with Crippen LogP contribution in [0.4, 0.5) is 0 Å². The Kier molecular flexibility index (Phi) is 4.16. The summed E-state index contributed by atoms with van der Waals surface area (Å²) in [5.74, 6) is -0.993. The van der Waals surface area contributed by atoms with E-state index in [0.29, 0.717) is 19.6 Å². The first-order valence-electron chi connectivity index (χ1n) is 6.32. The van der Waals surface area contributed by atoms with Crippen molar-refractivity contribution in [3.8, 4) is 0 Å². The number of carbonyl (C=O) groups is 2. The molecule has 1 atom stereocenters. The van der Waals surface area contributed by atoms with Crippen molar-refractivity contribution in [2.24, 2.45) is 0 Å². The number of carboxylic acids is 1. The van der Waals surface area contributed by atoms with E-state index < -0.39 is 5.97 Å². The Hall–Kier alpha value is -1.88. The average Bonchev–Trinajstić information content (AvgIpc) is 2.30. The van der Waals surface area contributed by atoms with E-state index >= 15 is 0 Å². The van der Waals surface area contributed by atoms with Gasteiger partial charge in [-0.05, 0) is 12.5 Å². The van der Waals surface area contributed by atoms with Gasteiger partial charge in [-0.1, -0.05) is 29.8 Å². The first kappa shape index (κ1) is 13.5. The summed E-state index contributed by atoms with van der Waals surface area (Å²) in [6.07, 6.45) is -0.0316. The normalized spacial score (nSPS) is 20.1. The molecule has 0 saturated carbocycles. The molecule has 1 aliphatic rings. The summed E-state index contributed by atoms with van der Waals surface area (Å²) in [5, 5.41) is 11.5. The number of aliphatic carboxylic acids is 1. The number of aryl methyl sites for hydroxylation is 1. The predicted octanol–water partition coefficient (Wildman–Crippen LogP) is 0.770. The molecule has 0 radical (unpaired) electrons. The number of hydrogen-bond acceptors (Lipinski definition) is 3. The molecule has 1 amide bonds. The molecule has 1 aliphatic heterocycles. The summed E-state index contributed by atoms with van der Waals surface area (Å²) in [7, 11) is 0. The minimum absolute atomic E-state index is 0.0316. The molecule has 2 rings (SSSR count). The van der Waals surface area contributed by atoms with Gasteiger partial charge in [0.15, 0.2) is 0 Å². The van der Waals surface area contributed by atoms with Gasteiger partial charge in [0.2, 0.25) is 5.91 Å². The Bertz CT molecular complexity index is 468. The molecular weight excluding hydrogens is 244 g/mol. The third-order valence-corrected chi connectivity index (χ3v) is 3.16. The molecular formula is C14H18N2O3. The number of nitrogens with one attached hydrogen (secondary N) is 1. The molecule has 1 heterocycles. The van der Waals surface area contributed by atoms with Crippen molar-refractivity contribution in [1.29, 1.82) is 0 Å². The van der Waals surface area contributed by atoms with Crippen molar-refractivity contribution in [2.75, 3.05) is 13.1 Å². The van der Waals surface area contributed by atoms with Crippen LogP contribution < -0.4 is 5.32 Å². The summed E-state index contributed by atoms with van der Waals surface area (Å²) >= 11 is 0. The van der Waals surface area contributed by atoms with E-state index in [-0.39, 0.29) is 18.4 Å². The number of amides is 1. The highest BCUT2D eigenvalue weighted by Gasteiger charge is 2.26. The average molecular weight is 262 g/mol. The Balaban J connectivity index is 1.97. The van der Waals surface area contributed by atoms with Gasteiger partial charge in [0.25, 0.3) is 0 Å². The van der Waals surface area contributed by atoms with Gasteiger partial charge in [0, 0.05) is 13.1 Å². The Morgan fingerprint density at radius 2 is 2.11 bits per heavy atom. The lowest BCUT2D eigenvalue weighted by molar-refractivity contribution is -0.138. The lowest BCUT2D eigenvalue weighted by Gasteiger charge is -2.32. The zero-order valence-electron chi connectivity index (χ0n) is 10.9. The smallest absolute Gasteiger partial charge is 0.305 e. The van der Waals surface area contributed by atoms with Crippen LogP contribution in [-0.2, 0) is 16.1 Å². The Morgan fingerprint density at radius 3 is 2.74 bits per heavy atom. The minimum Gasteiger partial charge on any atom is -0.481 e. The monoisotopic (exact) mass is 262 g/mol. The van der Waals surface area contributed by atoms with Gasteiger partial charge in [0.1, 0.15) is 0 Å². The minimum atomic E-state index is -0.887. The van der Waals surface area contributed by atoms with Gasteiger partial charge in [-0.2, -0.15) is 0 Å². The lowest BCUT2D eigenvalue weighted by atomic mass is 10.1. The van der Waals surface area contributed by atoms with Gasteiger partial charge in [0.05, 0.1) is 19.0 Å². The highest BCUT2D eigenvalue weighted by molar-refractivity contribution is 5.80. The fourth-order valence-corrected chi connectivity index (χ4v) is 2.30. The summed E-state index contributed by atoms with van der Waals surface area (Å²) in [6, 6.07) is 7.84. The molecule has 0 bridgehead atoms. The zero-order valence-corrected chi connectivity index (χ0v) is 10.9. The highest BCUT2D eigenvalue weighted by atomic mass is 16.4. The van der Waals surface area contributed by atoms with Crippen LogP contribution in [0.25, 0.3) is 0 Å². The van der Waals surface area contributed by atoms with Gasteiger partial charge < -0.3 is 10.4 Å².